The van der Waals surface area contributed by atoms with Crippen molar-refractivity contribution in [2.75, 3.05) is 26.7 Å². The van der Waals surface area contributed by atoms with Crippen molar-refractivity contribution < 1.29 is 0 Å². The Morgan fingerprint density at radius 2 is 2.17 bits per heavy atom. The van der Waals surface area contributed by atoms with Crippen molar-refractivity contribution in [3.63, 3.8) is 0 Å². The SMILES string of the molecule is CCC1CN(C)CC2CCCN12. The van der Waals surface area contributed by atoms with Gasteiger partial charge in [0.25, 0.3) is 0 Å². The molecule has 2 aliphatic heterocycles. The average Bonchev–Trinajstić information content (AvgIpc) is 2.50. The maximum atomic E-state index is 2.74. The zero-order chi connectivity index (χ0) is 8.55. The number of piperazine rings is 1. The summed E-state index contributed by atoms with van der Waals surface area (Å²) in [5, 5.41) is 0. The molecular weight excluding hydrogens is 148 g/mol. The molecule has 2 fully saturated rings. The summed E-state index contributed by atoms with van der Waals surface area (Å²) in [5.41, 5.74) is 0. The molecule has 2 rings (SSSR count). The number of hydrogen-bond donors (Lipinski definition) is 0. The Kier molecular flexibility index (Phi) is 2.37. The van der Waals surface area contributed by atoms with Crippen molar-refractivity contribution in [3.05, 3.63) is 0 Å². The highest BCUT2D eigenvalue weighted by Crippen LogP contribution is 2.26. The van der Waals surface area contributed by atoms with Crippen molar-refractivity contribution in [1.29, 1.82) is 0 Å². The molecular formula is C10H20N2. The van der Waals surface area contributed by atoms with E-state index in [4.69, 9.17) is 0 Å². The molecule has 2 atom stereocenters. The first-order valence-electron chi connectivity index (χ1n) is 5.25. The monoisotopic (exact) mass is 168 g/mol. The standard InChI is InChI=1S/C10H20N2/c1-3-9-7-11(2)8-10-5-4-6-12(9)10/h9-10H,3-8H2,1-2H3. The summed E-state index contributed by atoms with van der Waals surface area (Å²) in [4.78, 5) is 5.24. The highest BCUT2D eigenvalue weighted by molar-refractivity contribution is 4.91. The topological polar surface area (TPSA) is 6.48 Å². The largest absolute Gasteiger partial charge is 0.303 e. The zero-order valence-corrected chi connectivity index (χ0v) is 8.29. The number of likely N-dealkylation sites (N-methyl/N-ethyl adjacent to an activating group) is 1. The molecule has 0 aliphatic carbocycles. The lowest BCUT2D eigenvalue weighted by Crippen LogP contribution is -2.54. The Labute approximate surface area is 75.5 Å². The van der Waals surface area contributed by atoms with E-state index in [2.05, 4.69) is 23.8 Å². The van der Waals surface area contributed by atoms with Gasteiger partial charge in [0.1, 0.15) is 0 Å². The molecule has 2 heteroatoms. The Morgan fingerprint density at radius 1 is 1.33 bits per heavy atom. The summed E-state index contributed by atoms with van der Waals surface area (Å²) in [6.45, 7) is 6.26. The lowest BCUT2D eigenvalue weighted by Gasteiger charge is -2.42. The summed E-state index contributed by atoms with van der Waals surface area (Å²) in [5.74, 6) is 0. The molecule has 2 heterocycles. The van der Waals surface area contributed by atoms with Gasteiger partial charge in [0.2, 0.25) is 0 Å². The van der Waals surface area contributed by atoms with Crippen molar-refractivity contribution in [1.82, 2.24) is 9.80 Å². The minimum atomic E-state index is 0.844. The van der Waals surface area contributed by atoms with Gasteiger partial charge in [-0.25, -0.2) is 0 Å². The molecule has 2 saturated heterocycles. The fourth-order valence-electron chi connectivity index (χ4n) is 2.80. The Hall–Kier alpha value is -0.0800. The molecule has 0 aromatic heterocycles. The maximum Gasteiger partial charge on any atom is 0.0227 e. The minimum absolute atomic E-state index is 0.844. The van der Waals surface area contributed by atoms with Gasteiger partial charge < -0.3 is 4.90 Å². The van der Waals surface area contributed by atoms with E-state index in [9.17, 15) is 0 Å². The zero-order valence-electron chi connectivity index (χ0n) is 8.29. The fraction of sp³-hybridized carbons (Fsp3) is 1.00. The molecule has 0 bridgehead atoms. The highest BCUT2D eigenvalue weighted by Gasteiger charge is 2.34. The van der Waals surface area contributed by atoms with Crippen LogP contribution in [0, 0.1) is 0 Å². The number of hydrogen-bond acceptors (Lipinski definition) is 2. The Balaban J connectivity index is 2.04. The second-order valence-corrected chi connectivity index (χ2v) is 4.32. The minimum Gasteiger partial charge on any atom is -0.303 e. The first-order valence-corrected chi connectivity index (χ1v) is 5.25. The van der Waals surface area contributed by atoms with Crippen LogP contribution in [0.15, 0.2) is 0 Å². The van der Waals surface area contributed by atoms with E-state index < -0.39 is 0 Å². The summed E-state index contributed by atoms with van der Waals surface area (Å²) in [7, 11) is 2.26. The molecule has 0 amide bonds. The van der Waals surface area contributed by atoms with E-state index in [0.29, 0.717) is 0 Å². The molecule has 70 valence electrons. The molecule has 12 heavy (non-hydrogen) atoms. The molecule has 2 nitrogen and oxygen atoms in total. The number of rotatable bonds is 1. The lowest BCUT2D eigenvalue weighted by atomic mass is 10.1. The van der Waals surface area contributed by atoms with Crippen LogP contribution in [0.1, 0.15) is 26.2 Å². The van der Waals surface area contributed by atoms with Gasteiger partial charge in [-0.15, -0.1) is 0 Å². The third kappa shape index (κ3) is 1.38. The Bertz CT molecular complexity index is 158. The molecule has 2 aliphatic rings. The summed E-state index contributed by atoms with van der Waals surface area (Å²) in [6.07, 6.45) is 4.18. The van der Waals surface area contributed by atoms with Crippen LogP contribution < -0.4 is 0 Å². The van der Waals surface area contributed by atoms with Crippen molar-refractivity contribution >= 4 is 0 Å². The maximum absolute atomic E-state index is 2.74. The van der Waals surface area contributed by atoms with E-state index in [1.807, 2.05) is 0 Å². The van der Waals surface area contributed by atoms with Gasteiger partial charge in [0, 0.05) is 25.2 Å². The second-order valence-electron chi connectivity index (χ2n) is 4.32. The van der Waals surface area contributed by atoms with Crippen molar-refractivity contribution in [2.24, 2.45) is 0 Å². The molecule has 0 aromatic rings. The van der Waals surface area contributed by atoms with Crippen LogP contribution in [0.4, 0.5) is 0 Å². The van der Waals surface area contributed by atoms with Gasteiger partial charge in [-0.2, -0.15) is 0 Å². The van der Waals surface area contributed by atoms with Gasteiger partial charge in [-0.1, -0.05) is 6.92 Å². The fourth-order valence-corrected chi connectivity index (χ4v) is 2.80. The molecule has 0 aromatic carbocycles. The van der Waals surface area contributed by atoms with Gasteiger partial charge in [0.05, 0.1) is 0 Å². The van der Waals surface area contributed by atoms with E-state index in [-0.39, 0.29) is 0 Å². The van der Waals surface area contributed by atoms with Crippen LogP contribution in [0.5, 0.6) is 0 Å². The average molecular weight is 168 g/mol. The predicted molar refractivity (Wildman–Crippen MR) is 51.3 cm³/mol. The van der Waals surface area contributed by atoms with Gasteiger partial charge >= 0.3 is 0 Å². The summed E-state index contributed by atoms with van der Waals surface area (Å²) in [6, 6.07) is 1.73. The van der Waals surface area contributed by atoms with Crippen LogP contribution in [0.25, 0.3) is 0 Å². The van der Waals surface area contributed by atoms with Crippen LogP contribution in [0.2, 0.25) is 0 Å². The van der Waals surface area contributed by atoms with Crippen LogP contribution in [0.3, 0.4) is 0 Å². The first-order chi connectivity index (χ1) is 5.81. The summed E-state index contributed by atoms with van der Waals surface area (Å²) >= 11 is 0. The molecule has 0 saturated carbocycles. The Morgan fingerprint density at radius 3 is 2.92 bits per heavy atom. The van der Waals surface area contributed by atoms with Crippen molar-refractivity contribution in [2.45, 2.75) is 38.3 Å². The molecule has 0 radical (unpaired) electrons. The third-order valence-electron chi connectivity index (χ3n) is 3.41. The van der Waals surface area contributed by atoms with E-state index in [0.717, 1.165) is 12.1 Å². The number of nitrogens with zero attached hydrogens (tertiary/aromatic N) is 2. The van der Waals surface area contributed by atoms with Gasteiger partial charge in [0.15, 0.2) is 0 Å². The first kappa shape index (κ1) is 8.52. The van der Waals surface area contributed by atoms with Gasteiger partial charge in [-0.3, -0.25) is 4.90 Å². The van der Waals surface area contributed by atoms with E-state index in [1.54, 1.807) is 0 Å². The van der Waals surface area contributed by atoms with Crippen molar-refractivity contribution in [3.8, 4) is 0 Å². The predicted octanol–water partition coefficient (Wildman–Crippen LogP) is 1.17. The quantitative estimate of drug-likeness (QED) is 0.580. The summed E-state index contributed by atoms with van der Waals surface area (Å²) < 4.78 is 0. The lowest BCUT2D eigenvalue weighted by molar-refractivity contribution is 0.0633. The normalized spacial score (nSPS) is 38.5. The third-order valence-corrected chi connectivity index (χ3v) is 3.41. The second kappa shape index (κ2) is 3.35. The highest BCUT2D eigenvalue weighted by atomic mass is 15.3. The molecule has 2 unspecified atom stereocenters. The molecule has 0 N–H and O–H groups in total. The van der Waals surface area contributed by atoms with Crippen LogP contribution >= 0.6 is 0 Å². The van der Waals surface area contributed by atoms with E-state index in [1.165, 1.54) is 38.9 Å². The smallest absolute Gasteiger partial charge is 0.0227 e. The van der Waals surface area contributed by atoms with Gasteiger partial charge in [-0.05, 0) is 32.9 Å². The van der Waals surface area contributed by atoms with Crippen LogP contribution in [-0.4, -0.2) is 48.6 Å². The van der Waals surface area contributed by atoms with Crippen LogP contribution in [-0.2, 0) is 0 Å². The molecule has 0 spiro atoms. The van der Waals surface area contributed by atoms with E-state index >= 15 is 0 Å². The number of fused-ring (bicyclic) bond motifs is 1.